The topological polar surface area (TPSA) is 78.5 Å². The van der Waals surface area contributed by atoms with Crippen LogP contribution < -0.4 is 10.0 Å². The molecule has 2 N–H and O–H groups in total. The molecule has 1 aliphatic heterocycles. The summed E-state index contributed by atoms with van der Waals surface area (Å²) in [6.45, 7) is 1.19. The summed E-state index contributed by atoms with van der Waals surface area (Å²) < 4.78 is 39.3. The summed E-state index contributed by atoms with van der Waals surface area (Å²) in [5.74, 6) is -1.15. The van der Waals surface area contributed by atoms with Crippen molar-refractivity contribution in [1.29, 1.82) is 0 Å². The van der Waals surface area contributed by atoms with Crippen LogP contribution in [0.4, 0.5) is 4.39 Å². The highest BCUT2D eigenvalue weighted by Crippen LogP contribution is 2.19. The zero-order valence-corrected chi connectivity index (χ0v) is 13.4. The molecule has 0 radical (unpaired) electrons. The van der Waals surface area contributed by atoms with Crippen LogP contribution in [0.3, 0.4) is 0 Å². The van der Waals surface area contributed by atoms with Gasteiger partial charge in [-0.2, -0.15) is 0 Å². The van der Waals surface area contributed by atoms with E-state index < -0.39 is 20.7 Å². The van der Waals surface area contributed by atoms with Crippen molar-refractivity contribution < 1.29 is 17.6 Å². The summed E-state index contributed by atoms with van der Waals surface area (Å²) in [6, 6.07) is 3.81. The highest BCUT2D eigenvalue weighted by Gasteiger charge is 2.25. The molecule has 1 aromatic rings. The lowest BCUT2D eigenvalue weighted by Crippen LogP contribution is -2.44. The smallest absolute Gasteiger partial charge is 0.253 e. The van der Waals surface area contributed by atoms with E-state index in [0.717, 1.165) is 25.0 Å². The zero-order chi connectivity index (χ0) is 16.3. The second kappa shape index (κ2) is 6.72. The van der Waals surface area contributed by atoms with E-state index in [0.29, 0.717) is 19.1 Å². The van der Waals surface area contributed by atoms with E-state index in [2.05, 4.69) is 10.0 Å². The first-order valence-corrected chi connectivity index (χ1v) is 8.57. The number of carbonyl (C=O) groups excluding carboxylic acids is 1. The van der Waals surface area contributed by atoms with Gasteiger partial charge in [0, 0.05) is 24.7 Å². The van der Waals surface area contributed by atoms with Crippen molar-refractivity contribution in [3.8, 4) is 0 Å². The minimum absolute atomic E-state index is 0.179. The average Bonchev–Trinajstić information content (AvgIpc) is 2.54. The Morgan fingerprint density at radius 2 is 1.91 bits per heavy atom. The summed E-state index contributed by atoms with van der Waals surface area (Å²) in [6.07, 6.45) is 1.68. The quantitative estimate of drug-likeness (QED) is 0.846. The molecular formula is C14H20FN3O3S. The van der Waals surface area contributed by atoms with Crippen molar-refractivity contribution in [3.63, 3.8) is 0 Å². The number of carbonyl (C=O) groups is 1. The molecule has 0 aromatic heterocycles. The normalized spacial score (nSPS) is 16.8. The number of likely N-dealkylation sites (tertiary alicyclic amines) is 1. The van der Waals surface area contributed by atoms with Gasteiger partial charge in [-0.1, -0.05) is 0 Å². The van der Waals surface area contributed by atoms with Gasteiger partial charge in [-0.05, 0) is 45.1 Å². The number of rotatable bonds is 4. The van der Waals surface area contributed by atoms with E-state index >= 15 is 0 Å². The summed E-state index contributed by atoms with van der Waals surface area (Å²) in [7, 11) is -0.848. The molecule has 1 saturated heterocycles. The van der Waals surface area contributed by atoms with E-state index in [4.69, 9.17) is 0 Å². The minimum atomic E-state index is -3.93. The fourth-order valence-corrected chi connectivity index (χ4v) is 3.33. The van der Waals surface area contributed by atoms with Crippen LogP contribution in [0.2, 0.25) is 0 Å². The van der Waals surface area contributed by atoms with Crippen LogP contribution in [0.25, 0.3) is 0 Å². The van der Waals surface area contributed by atoms with Crippen molar-refractivity contribution in [2.45, 2.75) is 23.8 Å². The molecule has 0 atom stereocenters. The van der Waals surface area contributed by atoms with E-state index in [9.17, 15) is 17.6 Å². The third-order valence-electron chi connectivity index (χ3n) is 3.93. The summed E-state index contributed by atoms with van der Waals surface area (Å²) >= 11 is 0. The number of nitrogens with one attached hydrogen (secondary N) is 2. The Labute approximate surface area is 129 Å². The van der Waals surface area contributed by atoms with Crippen molar-refractivity contribution in [2.24, 2.45) is 0 Å². The van der Waals surface area contributed by atoms with Crippen LogP contribution in [-0.4, -0.2) is 52.5 Å². The van der Waals surface area contributed by atoms with Crippen LogP contribution >= 0.6 is 0 Å². The molecule has 8 heteroatoms. The number of piperidine rings is 1. The van der Waals surface area contributed by atoms with Gasteiger partial charge >= 0.3 is 0 Å². The Balaban J connectivity index is 2.23. The summed E-state index contributed by atoms with van der Waals surface area (Å²) in [5.41, 5.74) is 0.179. The zero-order valence-electron chi connectivity index (χ0n) is 12.6. The number of benzene rings is 1. The standard InChI is InChI=1S/C14H20FN3O3S/c1-16-11-5-7-18(8-6-11)14(19)10-3-4-12(15)13(9-10)22(20,21)17-2/h3-4,9,11,16-17H,5-8H2,1-2H3. The highest BCUT2D eigenvalue weighted by molar-refractivity contribution is 7.89. The molecule has 2 rings (SSSR count). The third-order valence-corrected chi connectivity index (χ3v) is 5.36. The summed E-state index contributed by atoms with van der Waals surface area (Å²) in [4.78, 5) is 13.6. The lowest BCUT2D eigenvalue weighted by Gasteiger charge is -2.32. The predicted octanol–water partition coefficient (Wildman–Crippen LogP) is 0.558. The maximum absolute atomic E-state index is 13.7. The van der Waals surface area contributed by atoms with Crippen LogP contribution in [-0.2, 0) is 10.0 Å². The number of halogens is 1. The lowest BCUT2D eigenvalue weighted by atomic mass is 10.0. The largest absolute Gasteiger partial charge is 0.339 e. The molecule has 6 nitrogen and oxygen atoms in total. The molecule has 0 saturated carbocycles. The first-order valence-electron chi connectivity index (χ1n) is 7.08. The Kier molecular flexibility index (Phi) is 5.15. The number of amides is 1. The van der Waals surface area contributed by atoms with Crippen LogP contribution in [0.5, 0.6) is 0 Å². The molecule has 22 heavy (non-hydrogen) atoms. The number of nitrogens with zero attached hydrogens (tertiary/aromatic N) is 1. The molecule has 1 fully saturated rings. The molecule has 1 amide bonds. The van der Waals surface area contributed by atoms with Crippen molar-refractivity contribution in [1.82, 2.24) is 14.9 Å². The maximum Gasteiger partial charge on any atom is 0.253 e. The van der Waals surface area contributed by atoms with Gasteiger partial charge in [-0.15, -0.1) is 0 Å². The molecule has 0 unspecified atom stereocenters. The number of hydrogen-bond donors (Lipinski definition) is 2. The Hall–Kier alpha value is -1.51. The average molecular weight is 329 g/mol. The van der Waals surface area contributed by atoms with Gasteiger partial charge in [0.1, 0.15) is 10.7 Å². The number of sulfonamides is 1. The van der Waals surface area contributed by atoms with E-state index in [1.165, 1.54) is 13.1 Å². The van der Waals surface area contributed by atoms with Gasteiger partial charge in [0.05, 0.1) is 0 Å². The van der Waals surface area contributed by atoms with Gasteiger partial charge in [0.2, 0.25) is 10.0 Å². The molecule has 1 aliphatic rings. The van der Waals surface area contributed by atoms with Crippen molar-refractivity contribution in [2.75, 3.05) is 27.2 Å². The van der Waals surface area contributed by atoms with E-state index in [1.54, 1.807) is 4.90 Å². The minimum Gasteiger partial charge on any atom is -0.339 e. The second-order valence-electron chi connectivity index (χ2n) is 5.21. The van der Waals surface area contributed by atoms with Gasteiger partial charge in [0.15, 0.2) is 0 Å². The van der Waals surface area contributed by atoms with E-state index in [-0.39, 0.29) is 11.5 Å². The monoisotopic (exact) mass is 329 g/mol. The SMILES string of the molecule is CNC1CCN(C(=O)c2ccc(F)c(S(=O)(=O)NC)c2)CC1. The fraction of sp³-hybridized carbons (Fsp3) is 0.500. The molecule has 0 bridgehead atoms. The molecule has 1 aromatic carbocycles. The number of hydrogen-bond acceptors (Lipinski definition) is 4. The Bertz CT molecular complexity index is 655. The highest BCUT2D eigenvalue weighted by atomic mass is 32.2. The van der Waals surface area contributed by atoms with Gasteiger partial charge in [0.25, 0.3) is 5.91 Å². The second-order valence-corrected chi connectivity index (χ2v) is 7.06. The van der Waals surface area contributed by atoms with Crippen LogP contribution in [0, 0.1) is 5.82 Å². The van der Waals surface area contributed by atoms with Gasteiger partial charge in [-0.25, -0.2) is 17.5 Å². The fourth-order valence-electron chi connectivity index (χ4n) is 2.51. The molecule has 0 aliphatic carbocycles. The molecule has 0 spiro atoms. The molecule has 1 heterocycles. The van der Waals surface area contributed by atoms with Crippen LogP contribution in [0.1, 0.15) is 23.2 Å². The Morgan fingerprint density at radius 3 is 2.45 bits per heavy atom. The Morgan fingerprint density at radius 1 is 1.27 bits per heavy atom. The maximum atomic E-state index is 13.7. The molecule has 122 valence electrons. The third kappa shape index (κ3) is 3.45. The van der Waals surface area contributed by atoms with Crippen molar-refractivity contribution in [3.05, 3.63) is 29.6 Å². The predicted molar refractivity (Wildman–Crippen MR) is 80.6 cm³/mol. The first-order chi connectivity index (χ1) is 10.4. The van der Waals surface area contributed by atoms with Gasteiger partial charge < -0.3 is 10.2 Å². The van der Waals surface area contributed by atoms with E-state index in [1.807, 2.05) is 7.05 Å². The lowest BCUT2D eigenvalue weighted by molar-refractivity contribution is 0.0707. The summed E-state index contributed by atoms with van der Waals surface area (Å²) in [5, 5.41) is 3.17. The van der Waals surface area contributed by atoms with Crippen LogP contribution in [0.15, 0.2) is 23.1 Å². The van der Waals surface area contributed by atoms with Gasteiger partial charge in [-0.3, -0.25) is 4.79 Å². The van der Waals surface area contributed by atoms with Crippen molar-refractivity contribution >= 4 is 15.9 Å². The molecular weight excluding hydrogens is 309 g/mol. The first kappa shape index (κ1) is 16.9.